The predicted octanol–water partition coefficient (Wildman–Crippen LogP) is 12.6. The van der Waals surface area contributed by atoms with Crippen LogP contribution >= 0.6 is 0 Å². The van der Waals surface area contributed by atoms with Crippen molar-refractivity contribution in [2.24, 2.45) is 0 Å². The van der Waals surface area contributed by atoms with Crippen LogP contribution in [0.3, 0.4) is 0 Å². The van der Waals surface area contributed by atoms with Gasteiger partial charge in [-0.2, -0.15) is 0 Å². The van der Waals surface area contributed by atoms with Gasteiger partial charge in [0.2, 0.25) is 0 Å². The molecule has 0 spiro atoms. The Bertz CT molecular complexity index is 1710. The molecule has 0 bridgehead atoms. The fraction of sp³-hybridized carbons (Fsp3) is 0.623. The largest absolute Gasteiger partial charge is 0.494 e. The minimum absolute atomic E-state index is 0.0112. The van der Waals surface area contributed by atoms with E-state index in [2.05, 4.69) is 13.8 Å². The van der Waals surface area contributed by atoms with Crippen molar-refractivity contribution in [3.05, 3.63) is 83.9 Å². The van der Waals surface area contributed by atoms with E-state index in [0.29, 0.717) is 36.5 Å². The average Bonchev–Trinajstić information content (AvgIpc) is 3.28. The lowest BCUT2D eigenvalue weighted by Gasteiger charge is -2.40. The molecule has 10 heteroatoms. The molecule has 3 aromatic carbocycles. The number of hydrogen-bond acceptors (Lipinski definition) is 10. The Balaban J connectivity index is 0.918. The van der Waals surface area contributed by atoms with Crippen LogP contribution in [0, 0.1) is 0 Å². The smallest absolute Gasteiger partial charge is 0.343 e. The maximum atomic E-state index is 12.7. The molecule has 2 aliphatic rings. The number of benzene rings is 3. The van der Waals surface area contributed by atoms with Crippen LogP contribution < -0.4 is 9.47 Å². The van der Waals surface area contributed by atoms with E-state index in [0.717, 1.165) is 81.1 Å². The van der Waals surface area contributed by atoms with Crippen LogP contribution in [0.15, 0.2) is 72.8 Å². The highest BCUT2D eigenvalue weighted by Crippen LogP contribution is 2.33. The van der Waals surface area contributed by atoms with Crippen LogP contribution in [0.1, 0.15) is 177 Å². The Morgan fingerprint density at radius 1 is 0.587 bits per heavy atom. The van der Waals surface area contributed by atoms with Crippen molar-refractivity contribution in [3.8, 4) is 22.6 Å². The molecule has 0 amide bonds. The number of aliphatic hydroxyl groups excluding tert-OH is 1. The third-order valence-electron chi connectivity index (χ3n) is 12.0. The molecule has 0 aromatic heterocycles. The van der Waals surface area contributed by atoms with Gasteiger partial charge in [-0.15, -0.1) is 0 Å². The van der Waals surface area contributed by atoms with Gasteiger partial charge in [0.05, 0.1) is 54.9 Å². The molecule has 63 heavy (non-hydrogen) atoms. The van der Waals surface area contributed by atoms with Crippen LogP contribution in [-0.2, 0) is 23.7 Å². The molecule has 2 heterocycles. The van der Waals surface area contributed by atoms with E-state index in [1.54, 1.807) is 43.3 Å². The lowest BCUT2D eigenvalue weighted by molar-refractivity contribution is -0.275. The third-order valence-corrected chi connectivity index (χ3v) is 12.0. The van der Waals surface area contributed by atoms with E-state index in [1.807, 2.05) is 43.3 Å². The molecule has 348 valence electrons. The second-order valence-corrected chi connectivity index (χ2v) is 17.5. The zero-order valence-electron chi connectivity index (χ0n) is 38.6. The van der Waals surface area contributed by atoms with Crippen molar-refractivity contribution in [1.29, 1.82) is 0 Å². The molecule has 2 fully saturated rings. The van der Waals surface area contributed by atoms with E-state index < -0.39 is 18.0 Å². The Kier molecular flexibility index (Phi) is 22.5. The number of unbranched alkanes of at least 4 members (excludes halogenated alkanes) is 11. The summed E-state index contributed by atoms with van der Waals surface area (Å²) in [6, 6.07) is 21.6. The number of carbonyl (C=O) groups is 2. The van der Waals surface area contributed by atoms with E-state index in [-0.39, 0.29) is 37.0 Å². The SMILES string of the molecule is CCCCCCCC1OC(CC)CC(CC2CC(CC(C)O)OC(CCCCCCCCCCOc3ccc(-c4ccc(C(=O)Oc5ccc(C(=O)OCC)cc5)cc4)cc3)O2)O1. The first-order chi connectivity index (χ1) is 30.7. The Morgan fingerprint density at radius 3 is 1.63 bits per heavy atom. The summed E-state index contributed by atoms with van der Waals surface area (Å²) in [5, 5.41) is 10.2. The van der Waals surface area contributed by atoms with Crippen molar-refractivity contribution in [2.45, 2.75) is 199 Å². The van der Waals surface area contributed by atoms with Gasteiger partial charge >= 0.3 is 11.9 Å². The molecule has 0 saturated carbocycles. The molecule has 5 rings (SSSR count). The first-order valence-corrected chi connectivity index (χ1v) is 24.3. The summed E-state index contributed by atoms with van der Waals surface area (Å²) in [6.45, 7) is 9.05. The van der Waals surface area contributed by atoms with Gasteiger partial charge in [0, 0.05) is 19.3 Å². The van der Waals surface area contributed by atoms with Crippen molar-refractivity contribution in [2.75, 3.05) is 13.2 Å². The van der Waals surface area contributed by atoms with E-state index in [9.17, 15) is 14.7 Å². The number of rotatable bonds is 28. The normalized spacial score (nSPS) is 21.7. The van der Waals surface area contributed by atoms with Crippen LogP contribution in [0.4, 0.5) is 0 Å². The van der Waals surface area contributed by atoms with E-state index in [1.165, 1.54) is 57.8 Å². The second-order valence-electron chi connectivity index (χ2n) is 17.5. The molecule has 7 atom stereocenters. The van der Waals surface area contributed by atoms with E-state index >= 15 is 0 Å². The number of aliphatic hydroxyl groups is 1. The average molecular weight is 873 g/mol. The topological polar surface area (TPSA) is 119 Å². The molecule has 10 nitrogen and oxygen atoms in total. The minimum atomic E-state index is -0.471. The van der Waals surface area contributed by atoms with Crippen molar-refractivity contribution < 1.29 is 47.9 Å². The summed E-state index contributed by atoms with van der Waals surface area (Å²) in [4.78, 5) is 24.6. The highest BCUT2D eigenvalue weighted by Gasteiger charge is 2.36. The second kappa shape index (κ2) is 28.2. The van der Waals surface area contributed by atoms with Gasteiger partial charge in [-0.25, -0.2) is 9.59 Å². The first kappa shape index (κ1) is 50.2. The Hall–Kier alpha value is -3.80. The predicted molar refractivity (Wildman–Crippen MR) is 247 cm³/mol. The van der Waals surface area contributed by atoms with Crippen LogP contribution in [0.25, 0.3) is 11.1 Å². The highest BCUT2D eigenvalue weighted by atomic mass is 16.7. The van der Waals surface area contributed by atoms with Gasteiger partial charge in [-0.05, 0) is 118 Å². The van der Waals surface area contributed by atoms with Crippen molar-refractivity contribution >= 4 is 11.9 Å². The van der Waals surface area contributed by atoms with E-state index in [4.69, 9.17) is 33.2 Å². The van der Waals surface area contributed by atoms with Gasteiger partial charge in [0.25, 0.3) is 0 Å². The maximum absolute atomic E-state index is 12.7. The van der Waals surface area contributed by atoms with Gasteiger partial charge in [0.15, 0.2) is 12.6 Å². The fourth-order valence-electron chi connectivity index (χ4n) is 8.56. The van der Waals surface area contributed by atoms with Gasteiger partial charge < -0.3 is 38.3 Å². The maximum Gasteiger partial charge on any atom is 0.343 e. The monoisotopic (exact) mass is 873 g/mol. The third kappa shape index (κ3) is 18.3. The lowest BCUT2D eigenvalue weighted by Crippen LogP contribution is -2.44. The summed E-state index contributed by atoms with van der Waals surface area (Å²) in [6.07, 6.45) is 21.3. The van der Waals surface area contributed by atoms with Gasteiger partial charge in [0.1, 0.15) is 11.5 Å². The molecule has 0 radical (unpaired) electrons. The number of ether oxygens (including phenoxy) is 7. The summed E-state index contributed by atoms with van der Waals surface area (Å²) >= 11 is 0. The molecular weight excluding hydrogens is 797 g/mol. The Morgan fingerprint density at radius 2 is 1.06 bits per heavy atom. The summed E-state index contributed by atoms with van der Waals surface area (Å²) in [7, 11) is 0. The van der Waals surface area contributed by atoms with Gasteiger partial charge in [-0.1, -0.05) is 102 Å². The number of hydrogen-bond donors (Lipinski definition) is 1. The van der Waals surface area contributed by atoms with Crippen LogP contribution in [-0.4, -0.2) is 73.4 Å². The summed E-state index contributed by atoms with van der Waals surface area (Å²) in [5.41, 5.74) is 2.86. The first-order valence-electron chi connectivity index (χ1n) is 24.3. The molecule has 0 aliphatic carbocycles. The highest BCUT2D eigenvalue weighted by molar-refractivity contribution is 5.92. The quantitative estimate of drug-likeness (QED) is 0.0429. The van der Waals surface area contributed by atoms with Crippen LogP contribution in [0.2, 0.25) is 0 Å². The summed E-state index contributed by atoms with van der Waals surface area (Å²) in [5.74, 6) is 0.321. The van der Waals surface area contributed by atoms with Crippen LogP contribution in [0.5, 0.6) is 11.5 Å². The minimum Gasteiger partial charge on any atom is -0.494 e. The zero-order chi connectivity index (χ0) is 44.7. The van der Waals surface area contributed by atoms with Gasteiger partial charge in [-0.3, -0.25) is 0 Å². The van der Waals surface area contributed by atoms with Crippen molar-refractivity contribution in [3.63, 3.8) is 0 Å². The summed E-state index contributed by atoms with van der Waals surface area (Å²) < 4.78 is 42.2. The molecule has 1 N–H and O–H groups in total. The standard InChI is InChI=1S/C53H76O10/c1-5-8-9-14-17-20-50-59-44(6-2)36-48(61-50)38-49-37-47(35-39(4)54)60-51(62-49)21-18-15-12-10-11-13-16-19-34-58-45-30-26-41(27-31-45)40-22-24-43(25-23-40)53(56)63-46-32-28-42(29-33-46)52(55)57-7-3/h22-33,39,44,47-51,54H,5-21,34-38H2,1-4H3. The zero-order valence-corrected chi connectivity index (χ0v) is 38.6. The molecule has 7 unspecified atom stereocenters. The fourth-order valence-corrected chi connectivity index (χ4v) is 8.56. The van der Waals surface area contributed by atoms with Crippen molar-refractivity contribution in [1.82, 2.24) is 0 Å². The number of carbonyl (C=O) groups excluding carboxylic acids is 2. The molecular formula is C53H76O10. The molecule has 3 aromatic rings. The molecule has 2 aliphatic heterocycles. The Labute approximate surface area is 377 Å². The number of esters is 2. The molecule has 2 saturated heterocycles. The lowest BCUT2D eigenvalue weighted by atomic mass is 9.96.